The summed E-state index contributed by atoms with van der Waals surface area (Å²) in [6.45, 7) is 14.4. The van der Waals surface area contributed by atoms with Gasteiger partial charge in [-0.25, -0.2) is 4.79 Å². The summed E-state index contributed by atoms with van der Waals surface area (Å²) >= 11 is 0. The van der Waals surface area contributed by atoms with Gasteiger partial charge in [0.15, 0.2) is 17.4 Å². The van der Waals surface area contributed by atoms with E-state index in [4.69, 9.17) is 4.12 Å². The average Bonchev–Trinajstić information content (AvgIpc) is 2.39. The summed E-state index contributed by atoms with van der Waals surface area (Å²) in [5.41, 5.74) is 0. The summed E-state index contributed by atoms with van der Waals surface area (Å²) in [5, 5.41) is 1.41. The van der Waals surface area contributed by atoms with E-state index < -0.39 is 17.4 Å². The Bertz CT molecular complexity index is 399. The maximum Gasteiger partial charge on any atom is 0.330 e. The number of benzene rings is 1. The van der Waals surface area contributed by atoms with Crippen LogP contribution in [0.2, 0.25) is 26.2 Å². The molecule has 1 rings (SSSR count). The van der Waals surface area contributed by atoms with Crippen LogP contribution in [-0.2, 0) is 13.6 Å². The Morgan fingerprint density at radius 2 is 1.85 bits per heavy atom. The van der Waals surface area contributed by atoms with Crippen LogP contribution >= 0.6 is 0 Å². The highest BCUT2D eigenvalue weighted by molar-refractivity contribution is 6.81. The fourth-order valence-corrected chi connectivity index (χ4v) is 7.07. The molecule has 5 heteroatoms. The first-order valence-corrected chi connectivity index (χ1v) is 12.4. The van der Waals surface area contributed by atoms with Gasteiger partial charge in [0, 0.05) is 6.08 Å². The fraction of sp³-hybridized carbons (Fsp3) is 0.400. The molecule has 0 aliphatic rings. The third-order valence-corrected chi connectivity index (χ3v) is 7.82. The second-order valence-corrected chi connectivity index (χ2v) is 12.4. The Kier molecular flexibility index (Phi) is 9.11. The molecule has 0 fully saturated rings. The number of esters is 1. The monoisotopic (exact) mass is 310 g/mol. The molecule has 0 aliphatic carbocycles. The maximum absolute atomic E-state index is 10.1. The van der Waals surface area contributed by atoms with Crippen molar-refractivity contribution in [2.24, 2.45) is 0 Å². The maximum atomic E-state index is 10.1. The van der Waals surface area contributed by atoms with Crippen molar-refractivity contribution in [3.8, 4) is 0 Å². The summed E-state index contributed by atoms with van der Waals surface area (Å²) in [6.07, 6.45) is 1.14. The molecule has 1 atom stereocenters. The first-order chi connectivity index (χ1) is 9.30. The Balaban J connectivity index is 0.000000441. The van der Waals surface area contributed by atoms with E-state index in [2.05, 4.69) is 67.8 Å². The molecule has 0 saturated carbocycles. The molecule has 0 aromatic heterocycles. The molecule has 1 aromatic rings. The summed E-state index contributed by atoms with van der Waals surface area (Å²) in [6, 6.07) is 10.6. The topological polar surface area (TPSA) is 35.5 Å². The minimum atomic E-state index is -1.34. The highest BCUT2D eigenvalue weighted by atomic mass is 28.4. The second kappa shape index (κ2) is 9.68. The van der Waals surface area contributed by atoms with Gasteiger partial charge in [-0.2, -0.15) is 0 Å². The van der Waals surface area contributed by atoms with Crippen molar-refractivity contribution in [3.05, 3.63) is 43.0 Å². The van der Waals surface area contributed by atoms with Crippen molar-refractivity contribution in [2.75, 3.05) is 6.61 Å². The van der Waals surface area contributed by atoms with Crippen LogP contribution in [0, 0.1) is 0 Å². The highest BCUT2D eigenvalue weighted by Crippen LogP contribution is 2.04. The van der Waals surface area contributed by atoms with E-state index in [0.717, 1.165) is 6.08 Å². The minimum absolute atomic E-state index is 0.359. The lowest BCUT2D eigenvalue weighted by Gasteiger charge is -2.23. The van der Waals surface area contributed by atoms with E-state index in [1.807, 2.05) is 0 Å². The Labute approximate surface area is 125 Å². The van der Waals surface area contributed by atoms with Crippen molar-refractivity contribution in [1.82, 2.24) is 0 Å². The third kappa shape index (κ3) is 9.71. The zero-order valence-electron chi connectivity index (χ0n) is 13.2. The second-order valence-electron chi connectivity index (χ2n) is 5.24. The van der Waals surface area contributed by atoms with Gasteiger partial charge >= 0.3 is 5.97 Å². The lowest BCUT2D eigenvalue weighted by Crippen LogP contribution is -2.40. The fourth-order valence-electron chi connectivity index (χ4n) is 1.52. The molecule has 0 N–H and O–H groups in total. The highest BCUT2D eigenvalue weighted by Gasteiger charge is 2.19. The summed E-state index contributed by atoms with van der Waals surface area (Å²) in [4.78, 5) is 10.1. The predicted molar refractivity (Wildman–Crippen MR) is 90.4 cm³/mol. The molecule has 1 unspecified atom stereocenters. The van der Waals surface area contributed by atoms with Crippen molar-refractivity contribution >= 4 is 28.5 Å². The predicted octanol–water partition coefficient (Wildman–Crippen LogP) is 2.83. The van der Waals surface area contributed by atoms with Gasteiger partial charge in [-0.15, -0.1) is 0 Å². The summed E-state index contributed by atoms with van der Waals surface area (Å²) in [7, 11) is -2.47. The van der Waals surface area contributed by atoms with Crippen LogP contribution in [0.5, 0.6) is 0 Å². The van der Waals surface area contributed by atoms with Crippen molar-refractivity contribution in [2.45, 2.75) is 33.1 Å². The molecule has 1 aromatic carbocycles. The lowest BCUT2D eigenvalue weighted by atomic mass is 10.4. The summed E-state index contributed by atoms with van der Waals surface area (Å²) in [5.74, 6) is -0.359. The molecule has 112 valence electrons. The van der Waals surface area contributed by atoms with E-state index in [9.17, 15) is 4.79 Å². The van der Waals surface area contributed by atoms with E-state index in [1.54, 1.807) is 6.92 Å². The average molecular weight is 311 g/mol. The summed E-state index contributed by atoms with van der Waals surface area (Å²) < 4.78 is 10.5. The molecule has 0 radical (unpaired) electrons. The first kappa shape index (κ1) is 18.8. The normalized spacial score (nSPS) is 11.8. The molecule has 0 spiro atoms. The minimum Gasteiger partial charge on any atom is -0.463 e. The number of carbonyl (C=O) groups excluding carboxylic acids is 1. The zero-order chi connectivity index (χ0) is 15.6. The number of rotatable bonds is 5. The van der Waals surface area contributed by atoms with Gasteiger partial charge in [-0.3, -0.25) is 0 Å². The molecule has 0 bridgehead atoms. The van der Waals surface area contributed by atoms with E-state index in [0.29, 0.717) is 6.61 Å². The van der Waals surface area contributed by atoms with Crippen LogP contribution in [-0.4, -0.2) is 29.9 Å². The van der Waals surface area contributed by atoms with Gasteiger partial charge < -0.3 is 8.85 Å². The molecule has 20 heavy (non-hydrogen) atoms. The number of hydrogen-bond acceptors (Lipinski definition) is 3. The first-order valence-electron chi connectivity index (χ1n) is 6.82. The van der Waals surface area contributed by atoms with Gasteiger partial charge in [0.2, 0.25) is 0 Å². The molecule has 0 saturated heterocycles. The Morgan fingerprint density at radius 1 is 1.30 bits per heavy atom. The third-order valence-electron chi connectivity index (χ3n) is 2.25. The number of ether oxygens (including phenoxy) is 1. The van der Waals surface area contributed by atoms with Crippen molar-refractivity contribution in [1.29, 1.82) is 0 Å². The van der Waals surface area contributed by atoms with E-state index in [-0.39, 0.29) is 5.97 Å². The zero-order valence-corrected chi connectivity index (χ0v) is 15.3. The molecular formula is C15H26O3Si2. The van der Waals surface area contributed by atoms with Crippen molar-refractivity contribution < 1.29 is 13.6 Å². The van der Waals surface area contributed by atoms with Crippen LogP contribution in [0.15, 0.2) is 43.0 Å². The molecule has 3 nitrogen and oxygen atoms in total. The van der Waals surface area contributed by atoms with E-state index in [1.165, 1.54) is 5.19 Å². The van der Waals surface area contributed by atoms with Crippen LogP contribution < -0.4 is 5.19 Å². The van der Waals surface area contributed by atoms with Crippen LogP contribution in [0.3, 0.4) is 0 Å². The molecular weight excluding hydrogens is 284 g/mol. The van der Waals surface area contributed by atoms with Gasteiger partial charge in [0.1, 0.15) is 0 Å². The standard InChI is InChI=1S/C10H18OSi2.C5H8O2/c1-12(11-13(2,3)4)10-8-6-5-7-9-10;1-3-5(6)7-4-2/h5-9,12H,1-4H3;3H,1,4H2,2H3. The number of hydrogen-bond donors (Lipinski definition) is 0. The largest absolute Gasteiger partial charge is 0.463 e. The smallest absolute Gasteiger partial charge is 0.330 e. The van der Waals surface area contributed by atoms with Crippen LogP contribution in [0.1, 0.15) is 6.92 Å². The number of carbonyl (C=O) groups is 1. The van der Waals surface area contributed by atoms with Gasteiger partial charge in [-0.1, -0.05) is 36.9 Å². The SMILES string of the molecule is C=CC(=O)OCC.C[SiH](O[Si](C)(C)C)c1ccccc1. The van der Waals surface area contributed by atoms with Gasteiger partial charge in [0.25, 0.3) is 0 Å². The van der Waals surface area contributed by atoms with E-state index >= 15 is 0 Å². The Hall–Kier alpha value is -1.18. The molecule has 0 amide bonds. The van der Waals surface area contributed by atoms with Crippen LogP contribution in [0.4, 0.5) is 0 Å². The lowest BCUT2D eigenvalue weighted by molar-refractivity contribution is -0.137. The van der Waals surface area contributed by atoms with Gasteiger partial charge in [-0.05, 0) is 38.3 Å². The molecule has 0 aliphatic heterocycles. The Morgan fingerprint density at radius 3 is 2.20 bits per heavy atom. The van der Waals surface area contributed by atoms with Crippen molar-refractivity contribution in [3.63, 3.8) is 0 Å². The van der Waals surface area contributed by atoms with Crippen LogP contribution in [0.25, 0.3) is 0 Å². The van der Waals surface area contributed by atoms with Gasteiger partial charge in [0.05, 0.1) is 6.61 Å². The quantitative estimate of drug-likeness (QED) is 0.476. The molecule has 0 heterocycles.